The number of amides is 1. The minimum Gasteiger partial charge on any atom is -0.393 e. The molecule has 1 aliphatic rings. The van der Waals surface area contributed by atoms with E-state index in [-0.39, 0.29) is 12.1 Å². The van der Waals surface area contributed by atoms with E-state index in [1.165, 1.54) is 0 Å². The molecule has 2 heterocycles. The molecule has 7 heteroatoms. The third-order valence-electron chi connectivity index (χ3n) is 7.33. The highest BCUT2D eigenvalue weighted by Gasteiger charge is 2.21. The maximum absolute atomic E-state index is 12.2. The number of hydrogen-bond donors (Lipinski definition) is 3. The van der Waals surface area contributed by atoms with Crippen LogP contribution in [-0.4, -0.2) is 37.7 Å². The van der Waals surface area contributed by atoms with E-state index in [0.717, 1.165) is 64.7 Å². The van der Waals surface area contributed by atoms with Crippen LogP contribution in [0.15, 0.2) is 91.5 Å². The van der Waals surface area contributed by atoms with Crippen LogP contribution in [0.1, 0.15) is 36.0 Å². The first kappa shape index (κ1) is 23.9. The Hall–Kier alpha value is -4.49. The van der Waals surface area contributed by atoms with Gasteiger partial charge in [-0.25, -0.2) is 4.98 Å². The highest BCUT2D eigenvalue weighted by Crippen LogP contribution is 2.34. The Morgan fingerprint density at radius 3 is 2.50 bits per heavy atom. The van der Waals surface area contributed by atoms with Crippen molar-refractivity contribution in [3.8, 4) is 28.2 Å². The van der Waals surface area contributed by atoms with Crippen LogP contribution < -0.4 is 11.1 Å². The number of aliphatic hydroxyl groups is 1. The number of anilines is 1. The molecule has 2 aromatic heterocycles. The summed E-state index contributed by atoms with van der Waals surface area (Å²) in [5, 5.41) is 15.4. The summed E-state index contributed by atoms with van der Waals surface area (Å²) in [6.45, 7) is 0. The number of nitrogens with zero attached hydrogens (tertiary/aromatic N) is 3. The second kappa shape index (κ2) is 10.1. The van der Waals surface area contributed by atoms with Crippen LogP contribution in [0.5, 0.6) is 0 Å². The number of hydrogen-bond acceptors (Lipinski definition) is 5. The third kappa shape index (κ3) is 4.64. The van der Waals surface area contributed by atoms with Crippen molar-refractivity contribution in [1.29, 1.82) is 0 Å². The van der Waals surface area contributed by atoms with Gasteiger partial charge in [-0.15, -0.1) is 0 Å². The summed E-state index contributed by atoms with van der Waals surface area (Å²) in [6.07, 6.45) is 8.62. The zero-order valence-electron chi connectivity index (χ0n) is 20.9. The van der Waals surface area contributed by atoms with Crippen LogP contribution in [0.2, 0.25) is 0 Å². The molecule has 190 valence electrons. The minimum absolute atomic E-state index is 0.180. The topological polar surface area (TPSA) is 106 Å². The third-order valence-corrected chi connectivity index (χ3v) is 7.33. The number of aromatic nitrogens is 3. The van der Waals surface area contributed by atoms with E-state index in [2.05, 4.69) is 34.6 Å². The van der Waals surface area contributed by atoms with Gasteiger partial charge in [0.05, 0.1) is 35.1 Å². The van der Waals surface area contributed by atoms with Gasteiger partial charge in [0.25, 0.3) is 5.91 Å². The van der Waals surface area contributed by atoms with Gasteiger partial charge in [0.15, 0.2) is 0 Å². The number of nitrogens with one attached hydrogen (secondary N) is 1. The maximum Gasteiger partial charge on any atom is 0.250 e. The molecule has 1 amide bonds. The molecule has 38 heavy (non-hydrogen) atoms. The van der Waals surface area contributed by atoms with Gasteiger partial charge in [-0.05, 0) is 49.9 Å². The number of aliphatic hydroxyl groups excluding tert-OH is 1. The van der Waals surface area contributed by atoms with Crippen molar-refractivity contribution in [2.45, 2.75) is 37.8 Å². The molecular formula is C31H29N5O2. The largest absolute Gasteiger partial charge is 0.393 e. The molecule has 0 bridgehead atoms. The van der Waals surface area contributed by atoms with Gasteiger partial charge >= 0.3 is 0 Å². The summed E-state index contributed by atoms with van der Waals surface area (Å²) in [5.41, 5.74) is 11.6. The number of rotatable bonds is 6. The number of benzene rings is 3. The van der Waals surface area contributed by atoms with Crippen molar-refractivity contribution in [3.05, 3.63) is 97.1 Å². The Morgan fingerprint density at radius 1 is 0.895 bits per heavy atom. The first-order valence-electron chi connectivity index (χ1n) is 12.9. The van der Waals surface area contributed by atoms with Crippen LogP contribution in [0.3, 0.4) is 0 Å². The molecular weight excluding hydrogens is 474 g/mol. The molecule has 0 aliphatic heterocycles. The highest BCUT2D eigenvalue weighted by atomic mass is 16.3. The minimum atomic E-state index is -0.475. The van der Waals surface area contributed by atoms with Crippen LogP contribution in [-0.2, 0) is 0 Å². The molecule has 0 unspecified atom stereocenters. The lowest BCUT2D eigenvalue weighted by molar-refractivity contribution is 0.100. The van der Waals surface area contributed by atoms with Gasteiger partial charge in [-0.3, -0.25) is 9.78 Å². The summed E-state index contributed by atoms with van der Waals surface area (Å²) >= 11 is 0. The Bertz CT molecular complexity index is 1600. The predicted octanol–water partition coefficient (Wildman–Crippen LogP) is 5.57. The van der Waals surface area contributed by atoms with Crippen LogP contribution in [0.4, 0.5) is 5.69 Å². The average molecular weight is 504 g/mol. The maximum atomic E-state index is 12.2. The van der Waals surface area contributed by atoms with E-state index in [0.29, 0.717) is 11.3 Å². The van der Waals surface area contributed by atoms with Gasteiger partial charge in [0.1, 0.15) is 0 Å². The number of primary amides is 1. The van der Waals surface area contributed by atoms with E-state index in [4.69, 9.17) is 10.7 Å². The second-order valence-corrected chi connectivity index (χ2v) is 9.84. The molecule has 1 saturated carbocycles. The van der Waals surface area contributed by atoms with Crippen molar-refractivity contribution < 1.29 is 9.90 Å². The molecule has 7 nitrogen and oxygen atoms in total. The molecule has 0 spiro atoms. The van der Waals surface area contributed by atoms with Crippen LogP contribution in [0, 0.1) is 0 Å². The lowest BCUT2D eigenvalue weighted by atomic mass is 9.92. The van der Waals surface area contributed by atoms with Crippen molar-refractivity contribution in [1.82, 2.24) is 14.5 Å². The fraction of sp³-hybridized carbons (Fsp3) is 0.194. The number of carbonyl (C=O) groups is 1. The smallest absolute Gasteiger partial charge is 0.250 e. The monoisotopic (exact) mass is 503 g/mol. The lowest BCUT2D eigenvalue weighted by Gasteiger charge is -2.28. The molecule has 0 saturated heterocycles. The van der Waals surface area contributed by atoms with E-state index in [9.17, 15) is 9.90 Å². The lowest BCUT2D eigenvalue weighted by Crippen LogP contribution is -2.29. The number of pyridine rings is 1. The van der Waals surface area contributed by atoms with Gasteiger partial charge in [-0.1, -0.05) is 48.5 Å². The zero-order valence-corrected chi connectivity index (χ0v) is 20.9. The van der Waals surface area contributed by atoms with Gasteiger partial charge < -0.3 is 20.7 Å². The predicted molar refractivity (Wildman–Crippen MR) is 150 cm³/mol. The normalized spacial score (nSPS) is 17.4. The standard InChI is InChI=1S/C31H29N5O2/c32-31(38)26-14-9-21(17-27(26)35-22-10-12-23(37)13-11-22)30-25-7-4-8-29(24(25)15-16-33-30)36-18-28(34-19-36)20-5-2-1-3-6-20/h1-9,14-19,22-23,35,37H,10-13H2,(H2,32,38). The van der Waals surface area contributed by atoms with Crippen molar-refractivity contribution in [2.75, 3.05) is 5.32 Å². The molecule has 0 atom stereocenters. The van der Waals surface area contributed by atoms with E-state index >= 15 is 0 Å². The first-order valence-corrected chi connectivity index (χ1v) is 12.9. The highest BCUT2D eigenvalue weighted by molar-refractivity contribution is 6.02. The van der Waals surface area contributed by atoms with Crippen LogP contribution in [0.25, 0.3) is 39.0 Å². The van der Waals surface area contributed by atoms with Gasteiger partial charge in [0, 0.05) is 46.0 Å². The van der Waals surface area contributed by atoms with E-state index in [1.807, 2.05) is 65.8 Å². The summed E-state index contributed by atoms with van der Waals surface area (Å²) in [4.78, 5) is 21.6. The number of carbonyl (C=O) groups excluding carboxylic acids is 1. The Morgan fingerprint density at radius 2 is 1.71 bits per heavy atom. The van der Waals surface area contributed by atoms with E-state index in [1.54, 1.807) is 6.07 Å². The summed E-state index contributed by atoms with van der Waals surface area (Å²) in [7, 11) is 0. The quantitative estimate of drug-likeness (QED) is 0.281. The first-order chi connectivity index (χ1) is 18.6. The summed E-state index contributed by atoms with van der Waals surface area (Å²) in [6, 6.07) is 24.1. The molecule has 5 aromatic rings. The Labute approximate surface area is 221 Å². The average Bonchev–Trinajstić information content (AvgIpc) is 3.44. The molecule has 1 fully saturated rings. The van der Waals surface area contributed by atoms with Gasteiger partial charge in [-0.2, -0.15) is 0 Å². The second-order valence-electron chi connectivity index (χ2n) is 9.84. The van der Waals surface area contributed by atoms with Crippen molar-refractivity contribution in [3.63, 3.8) is 0 Å². The van der Waals surface area contributed by atoms with Crippen molar-refractivity contribution in [2.24, 2.45) is 5.73 Å². The van der Waals surface area contributed by atoms with Crippen molar-refractivity contribution >= 4 is 22.4 Å². The van der Waals surface area contributed by atoms with E-state index < -0.39 is 5.91 Å². The summed E-state index contributed by atoms with van der Waals surface area (Å²) < 4.78 is 2.04. The Kier molecular flexibility index (Phi) is 6.35. The number of nitrogens with two attached hydrogens (primary N) is 1. The Balaban J connectivity index is 1.39. The molecule has 3 aromatic carbocycles. The molecule has 6 rings (SSSR count). The zero-order chi connectivity index (χ0) is 26.1. The summed E-state index contributed by atoms with van der Waals surface area (Å²) in [5.74, 6) is -0.475. The SMILES string of the molecule is NC(=O)c1ccc(-c2nccc3c(-n4cnc(-c5ccccc5)c4)cccc23)cc1NC1CCC(O)CC1. The fourth-order valence-corrected chi connectivity index (χ4v) is 5.32. The number of imidazole rings is 1. The number of fused-ring (bicyclic) bond motifs is 1. The van der Waals surface area contributed by atoms with Crippen LogP contribution >= 0.6 is 0 Å². The van der Waals surface area contributed by atoms with Gasteiger partial charge in [0.2, 0.25) is 0 Å². The fourth-order valence-electron chi connectivity index (χ4n) is 5.32. The molecule has 0 radical (unpaired) electrons. The molecule has 4 N–H and O–H groups in total. The molecule has 1 aliphatic carbocycles.